The number of rotatable bonds is 2. The summed E-state index contributed by atoms with van der Waals surface area (Å²) in [7, 11) is 0. The van der Waals surface area contributed by atoms with E-state index in [1.165, 1.54) is 0 Å². The number of hydrogen-bond acceptors (Lipinski definition) is 2. The largest absolute Gasteiger partial charge is 0.154 e. The van der Waals surface area contributed by atoms with Crippen molar-refractivity contribution in [1.82, 2.24) is 0 Å². The fraction of sp³-hybridized carbons (Fsp3) is 0.500. The van der Waals surface area contributed by atoms with Gasteiger partial charge in [0.2, 0.25) is 0 Å². The first-order valence-corrected chi connectivity index (χ1v) is 5.86. The van der Waals surface area contributed by atoms with Gasteiger partial charge in [-0.3, -0.25) is 0 Å². The number of hydrogen-bond donors (Lipinski definition) is 0. The zero-order valence-corrected chi connectivity index (χ0v) is 7.91. The van der Waals surface area contributed by atoms with E-state index in [-0.39, 0.29) is 0 Å². The third-order valence-electron chi connectivity index (χ3n) is 1.53. The average Bonchev–Trinajstić information content (AvgIpc) is 2.05. The molecular weight excluding hydrogens is 160 g/mol. The molecule has 0 saturated heterocycles. The van der Waals surface area contributed by atoms with Crippen molar-refractivity contribution in [2.24, 2.45) is 0 Å². The fourth-order valence-corrected chi connectivity index (χ4v) is 1.87. The van der Waals surface area contributed by atoms with Gasteiger partial charge in [0, 0.05) is 10.5 Å². The van der Waals surface area contributed by atoms with Gasteiger partial charge < -0.3 is 0 Å². The smallest absolute Gasteiger partial charge is 0.0405 e. The van der Waals surface area contributed by atoms with Crippen molar-refractivity contribution in [1.29, 1.82) is 0 Å². The van der Waals surface area contributed by atoms with Crippen LogP contribution in [0.2, 0.25) is 0 Å². The van der Waals surface area contributed by atoms with Crippen LogP contribution in [-0.2, 0) is 0 Å². The molecule has 0 aromatic heterocycles. The van der Waals surface area contributed by atoms with Crippen molar-refractivity contribution in [3.63, 3.8) is 0 Å². The van der Waals surface area contributed by atoms with Gasteiger partial charge in [0.25, 0.3) is 0 Å². The lowest BCUT2D eigenvalue weighted by atomic mass is 10.2. The van der Waals surface area contributed by atoms with Gasteiger partial charge in [0.15, 0.2) is 0 Å². The number of thioether (sulfide) groups is 2. The molecule has 0 aliphatic heterocycles. The summed E-state index contributed by atoms with van der Waals surface area (Å²) in [5.74, 6) is 0. The third kappa shape index (κ3) is 2.10. The highest BCUT2D eigenvalue weighted by molar-refractivity contribution is 8.00. The van der Waals surface area contributed by atoms with Gasteiger partial charge in [-0.1, -0.05) is 24.3 Å². The summed E-state index contributed by atoms with van der Waals surface area (Å²) in [5.41, 5.74) is 0. The molecule has 56 valence electrons. The average molecular weight is 172 g/mol. The molecule has 0 aromatic carbocycles. The molecule has 0 radical (unpaired) electrons. The van der Waals surface area contributed by atoms with Crippen molar-refractivity contribution in [2.75, 3.05) is 12.5 Å². The Kier molecular flexibility index (Phi) is 3.43. The van der Waals surface area contributed by atoms with E-state index < -0.39 is 0 Å². The first-order chi connectivity index (χ1) is 4.86. The van der Waals surface area contributed by atoms with Gasteiger partial charge in [-0.2, -0.15) is 23.5 Å². The predicted octanol–water partition coefficient (Wildman–Crippen LogP) is 2.58. The fourth-order valence-electron chi connectivity index (χ4n) is 0.881. The maximum atomic E-state index is 2.27. The van der Waals surface area contributed by atoms with E-state index in [9.17, 15) is 0 Å². The standard InChI is InChI=1S/C8H12S2/c1-9-7-3-5-8(10-2)6-4-7/h3-8H,1-2H3. The second-order valence-electron chi connectivity index (χ2n) is 2.17. The van der Waals surface area contributed by atoms with Crippen LogP contribution in [0.1, 0.15) is 0 Å². The molecule has 0 nitrogen and oxygen atoms in total. The summed E-state index contributed by atoms with van der Waals surface area (Å²) in [6, 6.07) is 0. The molecule has 0 atom stereocenters. The molecule has 1 aliphatic carbocycles. The molecule has 0 unspecified atom stereocenters. The van der Waals surface area contributed by atoms with Crippen LogP contribution < -0.4 is 0 Å². The Labute approximate surface area is 71.2 Å². The van der Waals surface area contributed by atoms with Crippen LogP contribution in [-0.4, -0.2) is 23.0 Å². The lowest BCUT2D eigenvalue weighted by Gasteiger charge is -2.12. The SMILES string of the molecule is CSC1C=CC(SC)C=C1. The van der Waals surface area contributed by atoms with Crippen LogP contribution in [0.25, 0.3) is 0 Å². The van der Waals surface area contributed by atoms with E-state index in [0.29, 0.717) is 10.5 Å². The normalized spacial score (nSPS) is 31.0. The molecule has 1 aliphatic rings. The molecule has 0 heterocycles. The Bertz CT molecular complexity index is 119. The Morgan fingerprint density at radius 3 is 1.30 bits per heavy atom. The Morgan fingerprint density at radius 2 is 1.10 bits per heavy atom. The first kappa shape index (κ1) is 8.28. The van der Waals surface area contributed by atoms with Crippen LogP contribution in [0.4, 0.5) is 0 Å². The maximum absolute atomic E-state index is 2.27. The zero-order chi connectivity index (χ0) is 7.40. The summed E-state index contributed by atoms with van der Waals surface area (Å²) >= 11 is 3.75. The lowest BCUT2D eigenvalue weighted by Crippen LogP contribution is -2.03. The van der Waals surface area contributed by atoms with E-state index in [1.54, 1.807) is 0 Å². The topological polar surface area (TPSA) is 0 Å². The molecule has 0 spiro atoms. The zero-order valence-electron chi connectivity index (χ0n) is 6.28. The van der Waals surface area contributed by atoms with Crippen molar-refractivity contribution in [2.45, 2.75) is 10.5 Å². The summed E-state index contributed by atoms with van der Waals surface area (Å²) in [4.78, 5) is 0. The van der Waals surface area contributed by atoms with Crippen LogP contribution in [0.5, 0.6) is 0 Å². The van der Waals surface area contributed by atoms with E-state index in [1.807, 2.05) is 23.5 Å². The molecule has 0 fully saturated rings. The molecule has 0 aromatic rings. The Balaban J connectivity index is 2.45. The molecule has 0 bridgehead atoms. The van der Waals surface area contributed by atoms with Crippen molar-refractivity contribution < 1.29 is 0 Å². The van der Waals surface area contributed by atoms with E-state index >= 15 is 0 Å². The van der Waals surface area contributed by atoms with E-state index in [0.717, 1.165) is 0 Å². The van der Waals surface area contributed by atoms with E-state index in [2.05, 4.69) is 36.8 Å². The Hall–Kier alpha value is 0.180. The third-order valence-corrected chi connectivity index (χ3v) is 3.24. The predicted molar refractivity (Wildman–Crippen MR) is 52.9 cm³/mol. The molecule has 10 heavy (non-hydrogen) atoms. The van der Waals surface area contributed by atoms with Crippen molar-refractivity contribution in [3.05, 3.63) is 24.3 Å². The summed E-state index contributed by atoms with van der Waals surface area (Å²) < 4.78 is 0. The van der Waals surface area contributed by atoms with Gasteiger partial charge in [-0.15, -0.1) is 0 Å². The highest BCUT2D eigenvalue weighted by Crippen LogP contribution is 2.20. The molecule has 0 saturated carbocycles. The first-order valence-electron chi connectivity index (χ1n) is 3.29. The van der Waals surface area contributed by atoms with Crippen LogP contribution in [0.15, 0.2) is 24.3 Å². The lowest BCUT2D eigenvalue weighted by molar-refractivity contribution is 1.26. The van der Waals surface area contributed by atoms with Crippen LogP contribution in [0, 0.1) is 0 Å². The highest BCUT2D eigenvalue weighted by atomic mass is 32.2. The van der Waals surface area contributed by atoms with Gasteiger partial charge in [-0.25, -0.2) is 0 Å². The molecular formula is C8H12S2. The molecule has 0 amide bonds. The summed E-state index contributed by atoms with van der Waals surface area (Å²) in [6.07, 6.45) is 13.4. The minimum atomic E-state index is 0.614. The molecule has 0 N–H and O–H groups in total. The van der Waals surface area contributed by atoms with Gasteiger partial charge >= 0.3 is 0 Å². The van der Waals surface area contributed by atoms with Gasteiger partial charge in [0.05, 0.1) is 0 Å². The monoisotopic (exact) mass is 172 g/mol. The van der Waals surface area contributed by atoms with Gasteiger partial charge in [0.1, 0.15) is 0 Å². The minimum Gasteiger partial charge on any atom is -0.154 e. The second kappa shape index (κ2) is 4.14. The molecule has 1 rings (SSSR count). The van der Waals surface area contributed by atoms with Crippen molar-refractivity contribution >= 4 is 23.5 Å². The Morgan fingerprint density at radius 1 is 0.800 bits per heavy atom. The molecule has 2 heteroatoms. The quantitative estimate of drug-likeness (QED) is 0.587. The highest BCUT2D eigenvalue weighted by Gasteiger charge is 2.05. The van der Waals surface area contributed by atoms with Crippen LogP contribution in [0.3, 0.4) is 0 Å². The maximum Gasteiger partial charge on any atom is 0.0405 e. The van der Waals surface area contributed by atoms with Gasteiger partial charge in [-0.05, 0) is 12.5 Å². The van der Waals surface area contributed by atoms with Crippen LogP contribution >= 0.6 is 23.5 Å². The summed E-state index contributed by atoms with van der Waals surface area (Å²) in [6.45, 7) is 0. The van der Waals surface area contributed by atoms with E-state index in [4.69, 9.17) is 0 Å². The minimum absolute atomic E-state index is 0.614. The second-order valence-corrected chi connectivity index (χ2v) is 4.20. The summed E-state index contributed by atoms with van der Waals surface area (Å²) in [5, 5.41) is 1.23. The van der Waals surface area contributed by atoms with Crippen molar-refractivity contribution in [3.8, 4) is 0 Å².